The van der Waals surface area contributed by atoms with Crippen molar-refractivity contribution in [2.75, 3.05) is 41.0 Å². The minimum Gasteiger partial charge on any atom is -0.477 e. The van der Waals surface area contributed by atoms with E-state index in [2.05, 4.69) is 38.2 Å². The molecule has 2 atom stereocenters. The number of unbranched alkanes of at least 4 members (excludes halogenated alkanes) is 28. The number of likely N-dealkylation sites (N-methyl/N-ethyl adjacent to an activating group) is 1. The Hall–Kier alpha value is -2.19. The number of carbonyl (C=O) groups is 3. The second-order valence-corrected chi connectivity index (χ2v) is 18.4. The highest BCUT2D eigenvalue weighted by molar-refractivity contribution is 5.72. The maximum absolute atomic E-state index is 12.8. The van der Waals surface area contributed by atoms with Crippen LogP contribution in [0.4, 0.5) is 0 Å². The molecule has 0 aromatic rings. The molecule has 8 heteroatoms. The van der Waals surface area contributed by atoms with E-state index >= 15 is 0 Å². The molecule has 2 unspecified atom stereocenters. The van der Waals surface area contributed by atoms with Crippen LogP contribution in [0.2, 0.25) is 0 Å². The Balaban J connectivity index is 4.20. The van der Waals surface area contributed by atoms with Crippen LogP contribution < -0.4 is 0 Å². The Labute approximate surface area is 371 Å². The van der Waals surface area contributed by atoms with Crippen molar-refractivity contribution in [1.29, 1.82) is 0 Å². The summed E-state index contributed by atoms with van der Waals surface area (Å²) in [7, 11) is 5.54. The number of rotatable bonds is 46. The Kier molecular flexibility index (Phi) is 41.9. The number of hydrogen-bond acceptors (Lipinski definition) is 6. The highest BCUT2D eigenvalue weighted by Crippen LogP contribution is 2.17. The second-order valence-electron chi connectivity index (χ2n) is 18.4. The molecule has 0 rings (SSSR count). The molecule has 0 spiro atoms. The summed E-state index contributed by atoms with van der Waals surface area (Å²) in [6.45, 7) is 4.68. The molecule has 0 aliphatic carbocycles. The molecule has 0 bridgehead atoms. The first-order valence-electron chi connectivity index (χ1n) is 25.4. The van der Waals surface area contributed by atoms with Crippen LogP contribution in [0.25, 0.3) is 0 Å². The van der Waals surface area contributed by atoms with E-state index in [9.17, 15) is 19.5 Å². The standard InChI is InChI=1S/C52H97NO7/c1-6-8-10-12-14-16-18-20-22-23-24-25-26-27-29-31-33-35-37-39-41-43-51(55)60-48(46-58-45-44-49(52(56)57)53(3,4)5)47-59-50(54)42-40-38-36-34-32-30-28-21-19-17-15-13-11-9-7-2/h8,10,14,16,48-49H,6-7,9,11-13,15,17-47H2,1-5H3/p+1/b10-8+,16-14+. The first kappa shape index (κ1) is 57.8. The molecule has 0 aromatic heterocycles. The minimum atomic E-state index is -0.871. The molecule has 0 aromatic carbocycles. The topological polar surface area (TPSA) is 99.1 Å². The van der Waals surface area contributed by atoms with Gasteiger partial charge in [0.1, 0.15) is 6.61 Å². The molecule has 0 radical (unpaired) electrons. The normalized spacial score (nSPS) is 13.0. The lowest BCUT2D eigenvalue weighted by atomic mass is 10.0. The molecule has 352 valence electrons. The third kappa shape index (κ3) is 41.2. The van der Waals surface area contributed by atoms with Crippen LogP contribution in [0.5, 0.6) is 0 Å². The Morgan fingerprint density at radius 2 is 0.933 bits per heavy atom. The molecule has 0 heterocycles. The van der Waals surface area contributed by atoms with Crippen molar-refractivity contribution in [2.24, 2.45) is 0 Å². The van der Waals surface area contributed by atoms with Gasteiger partial charge in [0.05, 0.1) is 34.4 Å². The summed E-state index contributed by atoms with van der Waals surface area (Å²) in [4.78, 5) is 37.1. The summed E-state index contributed by atoms with van der Waals surface area (Å²) in [5.74, 6) is -1.45. The first-order chi connectivity index (χ1) is 29.1. The molecule has 0 saturated heterocycles. The third-order valence-corrected chi connectivity index (χ3v) is 11.6. The maximum Gasteiger partial charge on any atom is 0.362 e. The highest BCUT2D eigenvalue weighted by atomic mass is 16.6. The average molecular weight is 849 g/mol. The SMILES string of the molecule is CC/C=C/C/C=C/CCCCCCCCCCCCCCCCC(=O)OC(COCCC(C(=O)O)[N+](C)(C)C)COC(=O)CCCCCCCCCCCCCCCCC. The van der Waals surface area contributed by atoms with E-state index in [0.29, 0.717) is 19.3 Å². The van der Waals surface area contributed by atoms with Crippen molar-refractivity contribution in [3.8, 4) is 0 Å². The van der Waals surface area contributed by atoms with Crippen molar-refractivity contribution < 1.29 is 38.2 Å². The monoisotopic (exact) mass is 849 g/mol. The van der Waals surface area contributed by atoms with E-state index in [4.69, 9.17) is 14.2 Å². The maximum atomic E-state index is 12.8. The van der Waals surface area contributed by atoms with Gasteiger partial charge in [-0.25, -0.2) is 4.79 Å². The Bertz CT molecular complexity index is 1040. The van der Waals surface area contributed by atoms with Gasteiger partial charge in [0.2, 0.25) is 0 Å². The Morgan fingerprint density at radius 3 is 1.37 bits per heavy atom. The largest absolute Gasteiger partial charge is 0.477 e. The van der Waals surface area contributed by atoms with Gasteiger partial charge < -0.3 is 23.8 Å². The van der Waals surface area contributed by atoms with E-state index in [-0.39, 0.29) is 36.2 Å². The van der Waals surface area contributed by atoms with Gasteiger partial charge in [-0.2, -0.15) is 0 Å². The lowest BCUT2D eigenvalue weighted by Gasteiger charge is -2.31. The number of esters is 2. The van der Waals surface area contributed by atoms with Crippen LogP contribution >= 0.6 is 0 Å². The van der Waals surface area contributed by atoms with Crippen LogP contribution in [0.1, 0.15) is 239 Å². The van der Waals surface area contributed by atoms with Crippen LogP contribution in [0.3, 0.4) is 0 Å². The first-order valence-corrected chi connectivity index (χ1v) is 25.4. The van der Waals surface area contributed by atoms with Crippen molar-refractivity contribution in [1.82, 2.24) is 0 Å². The average Bonchev–Trinajstić information content (AvgIpc) is 3.21. The molecule has 0 aliphatic rings. The van der Waals surface area contributed by atoms with Crippen molar-refractivity contribution in [3.63, 3.8) is 0 Å². The van der Waals surface area contributed by atoms with Crippen LogP contribution in [-0.2, 0) is 28.6 Å². The molecule has 8 nitrogen and oxygen atoms in total. The third-order valence-electron chi connectivity index (χ3n) is 11.6. The van der Waals surface area contributed by atoms with Gasteiger partial charge >= 0.3 is 17.9 Å². The fraction of sp³-hybridized carbons (Fsp3) is 0.865. The number of quaternary nitrogens is 1. The van der Waals surface area contributed by atoms with Crippen molar-refractivity contribution >= 4 is 17.9 Å². The number of nitrogens with zero attached hydrogens (tertiary/aromatic N) is 1. The minimum absolute atomic E-state index is 0.0452. The summed E-state index contributed by atoms with van der Waals surface area (Å²) < 4.78 is 17.4. The summed E-state index contributed by atoms with van der Waals surface area (Å²) in [6, 6.07) is -0.611. The van der Waals surface area contributed by atoms with E-state index in [1.807, 2.05) is 21.1 Å². The zero-order valence-corrected chi connectivity index (χ0v) is 40.2. The quantitative estimate of drug-likeness (QED) is 0.0282. The second kappa shape index (κ2) is 43.5. The molecule has 0 fully saturated rings. The summed E-state index contributed by atoms with van der Waals surface area (Å²) in [5, 5.41) is 9.65. The van der Waals surface area contributed by atoms with Gasteiger partial charge in [-0.05, 0) is 38.5 Å². The molecule has 0 amide bonds. The van der Waals surface area contributed by atoms with Gasteiger partial charge in [-0.3, -0.25) is 9.59 Å². The highest BCUT2D eigenvalue weighted by Gasteiger charge is 2.31. The van der Waals surface area contributed by atoms with Crippen LogP contribution in [0, 0.1) is 0 Å². The van der Waals surface area contributed by atoms with Crippen molar-refractivity contribution in [3.05, 3.63) is 24.3 Å². The van der Waals surface area contributed by atoms with Gasteiger partial charge in [0, 0.05) is 19.3 Å². The fourth-order valence-corrected chi connectivity index (χ4v) is 7.72. The fourth-order valence-electron chi connectivity index (χ4n) is 7.72. The van der Waals surface area contributed by atoms with Crippen LogP contribution in [0.15, 0.2) is 24.3 Å². The summed E-state index contributed by atoms with van der Waals surface area (Å²) in [6.07, 6.45) is 49.4. The smallest absolute Gasteiger partial charge is 0.362 e. The molecule has 0 saturated carbocycles. The van der Waals surface area contributed by atoms with Gasteiger partial charge in [-0.1, -0.05) is 205 Å². The lowest BCUT2D eigenvalue weighted by Crippen LogP contribution is -2.50. The molecular weight excluding hydrogens is 751 g/mol. The number of carboxylic acid groups (broad SMARTS) is 1. The zero-order chi connectivity index (χ0) is 44.2. The Morgan fingerprint density at radius 1 is 0.517 bits per heavy atom. The predicted octanol–water partition coefficient (Wildman–Crippen LogP) is 14.4. The number of hydrogen-bond donors (Lipinski definition) is 1. The lowest BCUT2D eigenvalue weighted by molar-refractivity contribution is -0.887. The number of allylic oxidation sites excluding steroid dienone is 4. The van der Waals surface area contributed by atoms with Gasteiger partial charge in [0.15, 0.2) is 12.1 Å². The van der Waals surface area contributed by atoms with E-state index in [1.165, 1.54) is 154 Å². The van der Waals surface area contributed by atoms with E-state index in [0.717, 1.165) is 51.4 Å². The van der Waals surface area contributed by atoms with Gasteiger partial charge in [-0.15, -0.1) is 0 Å². The summed E-state index contributed by atoms with van der Waals surface area (Å²) >= 11 is 0. The predicted molar refractivity (Wildman–Crippen MR) is 252 cm³/mol. The number of ether oxygens (including phenoxy) is 3. The number of carboxylic acids is 1. The zero-order valence-electron chi connectivity index (χ0n) is 40.2. The van der Waals surface area contributed by atoms with E-state index < -0.39 is 18.1 Å². The van der Waals surface area contributed by atoms with Gasteiger partial charge in [0.25, 0.3) is 0 Å². The molecular formula is C52H98NO7+. The van der Waals surface area contributed by atoms with E-state index in [1.54, 1.807) is 0 Å². The molecule has 1 N–H and O–H groups in total. The van der Waals surface area contributed by atoms with Crippen LogP contribution in [-0.4, -0.2) is 80.6 Å². The number of carbonyl (C=O) groups excluding carboxylic acids is 2. The van der Waals surface area contributed by atoms with Crippen molar-refractivity contribution in [2.45, 2.75) is 251 Å². The summed E-state index contributed by atoms with van der Waals surface area (Å²) in [5.41, 5.74) is 0. The molecule has 0 aliphatic heterocycles. The molecule has 60 heavy (non-hydrogen) atoms. The number of aliphatic carboxylic acids is 1.